The molecule has 0 aromatic heterocycles. The Morgan fingerprint density at radius 2 is 1.29 bits per heavy atom. The van der Waals surface area contributed by atoms with E-state index in [9.17, 15) is 0 Å². The van der Waals surface area contributed by atoms with Crippen molar-refractivity contribution in [1.82, 2.24) is 0 Å². The fraction of sp³-hybridized carbons (Fsp3) is 0. The van der Waals surface area contributed by atoms with Crippen LogP contribution in [0.15, 0.2) is 83.9 Å². The predicted molar refractivity (Wildman–Crippen MR) is 92.0 cm³/mol. The first-order valence-electron chi connectivity index (χ1n) is 6.72. The minimum atomic E-state index is 0.845. The average Bonchev–Trinajstić information content (AvgIpc) is 2.56. The summed E-state index contributed by atoms with van der Waals surface area (Å²) in [4.78, 5) is 4.23. The van der Waals surface area contributed by atoms with E-state index in [4.69, 9.17) is 12.2 Å². The maximum Gasteiger partial charge on any atom is 0.0824 e. The molecule has 0 saturated heterocycles. The van der Waals surface area contributed by atoms with Gasteiger partial charge in [-0.25, -0.2) is 0 Å². The summed E-state index contributed by atoms with van der Waals surface area (Å²) in [5.41, 5.74) is 5.37. The van der Waals surface area contributed by atoms with Gasteiger partial charge in [-0.1, -0.05) is 72.8 Å². The van der Waals surface area contributed by atoms with E-state index in [0.29, 0.717) is 0 Å². The van der Waals surface area contributed by atoms with E-state index in [0.717, 1.165) is 27.9 Å². The van der Waals surface area contributed by atoms with Crippen LogP contribution in [0.3, 0.4) is 0 Å². The van der Waals surface area contributed by atoms with Crippen LogP contribution in [0.1, 0.15) is 0 Å². The number of isothiocyanates is 1. The molecular weight excluding hydrogens is 274 g/mol. The van der Waals surface area contributed by atoms with Gasteiger partial charge in [-0.05, 0) is 35.0 Å². The largest absolute Gasteiger partial charge is 0.194 e. The van der Waals surface area contributed by atoms with Gasteiger partial charge in [0.05, 0.1) is 10.8 Å². The van der Waals surface area contributed by atoms with Crippen molar-refractivity contribution in [1.29, 1.82) is 0 Å². The minimum Gasteiger partial charge on any atom is -0.194 e. The van der Waals surface area contributed by atoms with Crippen molar-refractivity contribution in [2.75, 3.05) is 0 Å². The molecule has 2 heteroatoms. The van der Waals surface area contributed by atoms with E-state index in [1.54, 1.807) is 0 Å². The van der Waals surface area contributed by atoms with Crippen molar-refractivity contribution < 1.29 is 0 Å². The van der Waals surface area contributed by atoms with Crippen molar-refractivity contribution in [3.8, 4) is 22.3 Å². The van der Waals surface area contributed by atoms with Crippen LogP contribution in [0.25, 0.3) is 22.3 Å². The molecule has 0 radical (unpaired) electrons. The molecule has 0 unspecified atom stereocenters. The van der Waals surface area contributed by atoms with E-state index in [1.165, 1.54) is 0 Å². The van der Waals surface area contributed by atoms with Gasteiger partial charge in [-0.2, -0.15) is 4.99 Å². The predicted octanol–water partition coefficient (Wildman–Crippen LogP) is 5.75. The molecule has 0 fully saturated rings. The molecule has 21 heavy (non-hydrogen) atoms. The molecule has 0 atom stereocenters. The van der Waals surface area contributed by atoms with Crippen molar-refractivity contribution in [2.45, 2.75) is 0 Å². The topological polar surface area (TPSA) is 12.4 Å². The summed E-state index contributed by atoms with van der Waals surface area (Å²) >= 11 is 4.79. The molecule has 0 spiro atoms. The SMILES string of the molecule is S=C=Nc1cccc(-c2ccccc2)c1-c1ccccc1. The van der Waals surface area contributed by atoms with Crippen LogP contribution in [0.4, 0.5) is 5.69 Å². The van der Waals surface area contributed by atoms with Crippen LogP contribution < -0.4 is 0 Å². The second-order valence-electron chi connectivity index (χ2n) is 4.63. The summed E-state index contributed by atoms with van der Waals surface area (Å²) in [5, 5.41) is 2.48. The summed E-state index contributed by atoms with van der Waals surface area (Å²) in [7, 11) is 0. The van der Waals surface area contributed by atoms with E-state index in [-0.39, 0.29) is 0 Å². The van der Waals surface area contributed by atoms with E-state index < -0.39 is 0 Å². The van der Waals surface area contributed by atoms with Gasteiger partial charge < -0.3 is 0 Å². The minimum absolute atomic E-state index is 0.845. The lowest BCUT2D eigenvalue weighted by atomic mass is 9.93. The zero-order valence-electron chi connectivity index (χ0n) is 11.4. The molecule has 0 heterocycles. The zero-order chi connectivity index (χ0) is 14.5. The standard InChI is InChI=1S/C19H13NS/c21-14-20-18-13-7-12-17(15-8-3-1-4-9-15)19(18)16-10-5-2-6-11-16/h1-13H. The molecule has 0 aliphatic rings. The molecule has 0 amide bonds. The van der Waals surface area contributed by atoms with Crippen molar-refractivity contribution in [3.05, 3.63) is 78.9 Å². The first-order valence-corrected chi connectivity index (χ1v) is 7.12. The van der Waals surface area contributed by atoms with E-state index in [1.807, 2.05) is 48.5 Å². The Morgan fingerprint density at radius 3 is 1.90 bits per heavy atom. The first kappa shape index (κ1) is 13.4. The zero-order valence-corrected chi connectivity index (χ0v) is 12.2. The number of aliphatic imine (C=N–C) groups is 1. The second-order valence-corrected chi connectivity index (χ2v) is 4.82. The first-order chi connectivity index (χ1) is 10.4. The molecule has 0 saturated carbocycles. The fourth-order valence-corrected chi connectivity index (χ4v) is 2.55. The fourth-order valence-electron chi connectivity index (χ4n) is 2.45. The third-order valence-electron chi connectivity index (χ3n) is 3.36. The maximum atomic E-state index is 4.79. The number of nitrogens with zero attached hydrogens (tertiary/aromatic N) is 1. The molecule has 0 aliphatic heterocycles. The summed E-state index contributed by atoms with van der Waals surface area (Å²) in [6, 6.07) is 26.6. The highest BCUT2D eigenvalue weighted by Crippen LogP contribution is 2.38. The quantitative estimate of drug-likeness (QED) is 0.441. The van der Waals surface area contributed by atoms with Gasteiger partial charge in [0.1, 0.15) is 0 Å². The molecular formula is C19H13NS. The number of thiocarbonyl (C=S) groups is 1. The molecule has 1 nitrogen and oxygen atoms in total. The highest BCUT2D eigenvalue weighted by atomic mass is 32.1. The van der Waals surface area contributed by atoms with Gasteiger partial charge in [0.25, 0.3) is 0 Å². The summed E-state index contributed by atoms with van der Waals surface area (Å²) in [5.74, 6) is 0. The van der Waals surface area contributed by atoms with Crippen molar-refractivity contribution in [3.63, 3.8) is 0 Å². The Hall–Kier alpha value is -2.54. The third kappa shape index (κ3) is 2.82. The number of rotatable bonds is 3. The Balaban J connectivity index is 2.31. The second kappa shape index (κ2) is 6.27. The molecule has 0 bridgehead atoms. The smallest absolute Gasteiger partial charge is 0.0824 e. The molecule has 3 aromatic carbocycles. The van der Waals surface area contributed by atoms with Gasteiger partial charge in [0.2, 0.25) is 0 Å². The van der Waals surface area contributed by atoms with Crippen LogP contribution in [0.2, 0.25) is 0 Å². The van der Waals surface area contributed by atoms with Crippen LogP contribution in [0.5, 0.6) is 0 Å². The summed E-state index contributed by atoms with van der Waals surface area (Å²) < 4.78 is 0. The number of hydrogen-bond donors (Lipinski definition) is 0. The number of benzene rings is 3. The van der Waals surface area contributed by atoms with Crippen LogP contribution in [-0.2, 0) is 0 Å². The Morgan fingerprint density at radius 1 is 0.667 bits per heavy atom. The normalized spacial score (nSPS) is 9.90. The van der Waals surface area contributed by atoms with Gasteiger partial charge in [-0.3, -0.25) is 0 Å². The van der Waals surface area contributed by atoms with E-state index >= 15 is 0 Å². The van der Waals surface area contributed by atoms with Crippen LogP contribution in [0, 0.1) is 0 Å². The molecule has 3 aromatic rings. The summed E-state index contributed by atoms with van der Waals surface area (Å²) in [6.45, 7) is 0. The van der Waals surface area contributed by atoms with Crippen LogP contribution in [-0.4, -0.2) is 5.16 Å². The van der Waals surface area contributed by atoms with E-state index in [2.05, 4.69) is 40.5 Å². The third-order valence-corrected chi connectivity index (χ3v) is 3.45. The van der Waals surface area contributed by atoms with Crippen molar-refractivity contribution >= 4 is 23.1 Å². The summed E-state index contributed by atoms with van der Waals surface area (Å²) in [6.07, 6.45) is 0. The molecule has 0 aliphatic carbocycles. The Bertz CT molecular complexity index is 788. The highest BCUT2D eigenvalue weighted by Gasteiger charge is 2.11. The Labute approximate surface area is 129 Å². The average molecular weight is 287 g/mol. The van der Waals surface area contributed by atoms with Gasteiger partial charge in [0.15, 0.2) is 0 Å². The molecule has 3 rings (SSSR count). The van der Waals surface area contributed by atoms with Crippen LogP contribution >= 0.6 is 12.2 Å². The lowest BCUT2D eigenvalue weighted by molar-refractivity contribution is 1.51. The maximum absolute atomic E-state index is 4.79. The molecule has 0 N–H and O–H groups in total. The monoisotopic (exact) mass is 287 g/mol. The lowest BCUT2D eigenvalue weighted by Gasteiger charge is -2.12. The Kier molecular flexibility index (Phi) is 4.02. The van der Waals surface area contributed by atoms with Gasteiger partial charge in [0, 0.05) is 5.56 Å². The number of hydrogen-bond acceptors (Lipinski definition) is 2. The van der Waals surface area contributed by atoms with Crippen molar-refractivity contribution in [2.24, 2.45) is 4.99 Å². The van der Waals surface area contributed by atoms with Gasteiger partial charge >= 0.3 is 0 Å². The lowest BCUT2D eigenvalue weighted by Crippen LogP contribution is -1.86. The highest BCUT2D eigenvalue weighted by molar-refractivity contribution is 7.78. The molecule has 100 valence electrons. The van der Waals surface area contributed by atoms with Gasteiger partial charge in [-0.15, -0.1) is 0 Å².